The molecule has 0 atom stereocenters. The normalized spacial score (nSPS) is 10.1. The number of nitrogens with two attached hydrogens (primary N) is 1. The summed E-state index contributed by atoms with van der Waals surface area (Å²) in [5, 5.41) is 5.39. The molecule has 0 aromatic heterocycles. The predicted octanol–water partition coefficient (Wildman–Crippen LogP) is 0.703. The van der Waals surface area contributed by atoms with E-state index in [1.807, 2.05) is 0 Å². The van der Waals surface area contributed by atoms with Crippen LogP contribution in [0.25, 0.3) is 0 Å². The van der Waals surface area contributed by atoms with Gasteiger partial charge in [-0.1, -0.05) is 12.1 Å². The van der Waals surface area contributed by atoms with Gasteiger partial charge in [-0.2, -0.15) is 0 Å². The molecule has 0 aliphatic carbocycles. The van der Waals surface area contributed by atoms with E-state index in [0.717, 1.165) is 6.42 Å². The average molecular weight is 225 g/mol. The largest absolute Gasteiger partial charge is 0.330 e. The molecule has 0 spiro atoms. The highest BCUT2D eigenvalue weighted by atomic mass is 19.1. The second kappa shape index (κ2) is 6.92. The third-order valence-corrected chi connectivity index (χ3v) is 1.99. The lowest BCUT2D eigenvalue weighted by atomic mass is 10.3. The molecule has 1 rings (SSSR count). The summed E-state index contributed by atoms with van der Waals surface area (Å²) in [5.74, 6) is -0.695. The maximum Gasteiger partial charge on any atom is 0.238 e. The van der Waals surface area contributed by atoms with Gasteiger partial charge in [0.25, 0.3) is 0 Å². The van der Waals surface area contributed by atoms with Crippen LogP contribution >= 0.6 is 0 Å². The third kappa shape index (κ3) is 4.37. The van der Waals surface area contributed by atoms with Gasteiger partial charge in [0, 0.05) is 0 Å². The molecule has 0 heterocycles. The maximum atomic E-state index is 13.1. The van der Waals surface area contributed by atoms with Crippen molar-refractivity contribution in [2.24, 2.45) is 5.73 Å². The van der Waals surface area contributed by atoms with Crippen LogP contribution in [0.2, 0.25) is 0 Å². The van der Waals surface area contributed by atoms with Crippen molar-refractivity contribution in [3.8, 4) is 0 Å². The molecule has 5 heteroatoms. The van der Waals surface area contributed by atoms with Crippen molar-refractivity contribution in [3.05, 3.63) is 30.1 Å². The van der Waals surface area contributed by atoms with Crippen LogP contribution in [-0.2, 0) is 4.79 Å². The van der Waals surface area contributed by atoms with Crippen molar-refractivity contribution in [1.82, 2.24) is 5.32 Å². The van der Waals surface area contributed by atoms with Gasteiger partial charge in [-0.3, -0.25) is 4.79 Å². The van der Waals surface area contributed by atoms with Crippen molar-refractivity contribution < 1.29 is 9.18 Å². The molecule has 0 saturated heterocycles. The van der Waals surface area contributed by atoms with Gasteiger partial charge in [0.2, 0.25) is 5.91 Å². The fourth-order valence-corrected chi connectivity index (χ4v) is 1.19. The Morgan fingerprint density at radius 1 is 1.38 bits per heavy atom. The van der Waals surface area contributed by atoms with E-state index in [4.69, 9.17) is 5.73 Å². The SMILES string of the molecule is NCCCNCC(=O)Nc1ccccc1F. The topological polar surface area (TPSA) is 67.1 Å². The molecule has 1 aromatic carbocycles. The summed E-state index contributed by atoms with van der Waals surface area (Å²) >= 11 is 0. The van der Waals surface area contributed by atoms with Gasteiger partial charge in [0.15, 0.2) is 0 Å². The Kier molecular flexibility index (Phi) is 5.45. The standard InChI is InChI=1S/C11H16FN3O/c12-9-4-1-2-5-10(9)15-11(16)8-14-7-3-6-13/h1-2,4-5,14H,3,6-8,13H2,(H,15,16). The minimum Gasteiger partial charge on any atom is -0.330 e. The van der Waals surface area contributed by atoms with Crippen LogP contribution in [-0.4, -0.2) is 25.5 Å². The van der Waals surface area contributed by atoms with Crippen LogP contribution in [0, 0.1) is 5.82 Å². The molecule has 0 fully saturated rings. The van der Waals surface area contributed by atoms with Crippen LogP contribution in [0.5, 0.6) is 0 Å². The number of anilines is 1. The number of carbonyl (C=O) groups is 1. The van der Waals surface area contributed by atoms with Crippen LogP contribution in [0.3, 0.4) is 0 Å². The Morgan fingerprint density at radius 2 is 2.12 bits per heavy atom. The van der Waals surface area contributed by atoms with E-state index in [1.54, 1.807) is 12.1 Å². The highest BCUT2D eigenvalue weighted by Gasteiger charge is 2.04. The summed E-state index contributed by atoms with van der Waals surface area (Å²) in [6.45, 7) is 1.43. The Morgan fingerprint density at radius 3 is 2.81 bits per heavy atom. The van der Waals surface area contributed by atoms with Crippen LogP contribution in [0.1, 0.15) is 6.42 Å². The first kappa shape index (κ1) is 12.6. The molecule has 16 heavy (non-hydrogen) atoms. The lowest BCUT2D eigenvalue weighted by molar-refractivity contribution is -0.115. The Labute approximate surface area is 94.0 Å². The molecule has 0 aliphatic rings. The van der Waals surface area contributed by atoms with Gasteiger partial charge in [0.1, 0.15) is 5.82 Å². The lowest BCUT2D eigenvalue weighted by Crippen LogP contribution is -2.29. The Bertz CT molecular complexity index is 344. The fraction of sp³-hybridized carbons (Fsp3) is 0.364. The smallest absolute Gasteiger partial charge is 0.238 e. The molecular formula is C11H16FN3O. The number of halogens is 1. The van der Waals surface area contributed by atoms with Crippen LogP contribution < -0.4 is 16.4 Å². The number of carbonyl (C=O) groups excluding carboxylic acids is 1. The van der Waals surface area contributed by atoms with E-state index >= 15 is 0 Å². The van der Waals surface area contributed by atoms with Crippen molar-refractivity contribution >= 4 is 11.6 Å². The molecule has 88 valence electrons. The fourth-order valence-electron chi connectivity index (χ4n) is 1.19. The van der Waals surface area contributed by atoms with Gasteiger partial charge in [-0.05, 0) is 31.6 Å². The number of hydrogen-bond acceptors (Lipinski definition) is 3. The van der Waals surface area contributed by atoms with Crippen molar-refractivity contribution in [3.63, 3.8) is 0 Å². The first-order valence-electron chi connectivity index (χ1n) is 5.19. The second-order valence-electron chi connectivity index (χ2n) is 3.35. The third-order valence-electron chi connectivity index (χ3n) is 1.99. The van der Waals surface area contributed by atoms with Crippen molar-refractivity contribution in [2.45, 2.75) is 6.42 Å². The summed E-state index contributed by atoms with van der Waals surface area (Å²) < 4.78 is 13.1. The minimum atomic E-state index is -0.433. The van der Waals surface area contributed by atoms with E-state index in [0.29, 0.717) is 13.1 Å². The van der Waals surface area contributed by atoms with Crippen LogP contribution in [0.15, 0.2) is 24.3 Å². The van der Waals surface area contributed by atoms with Crippen molar-refractivity contribution in [2.75, 3.05) is 25.0 Å². The van der Waals surface area contributed by atoms with Crippen LogP contribution in [0.4, 0.5) is 10.1 Å². The summed E-state index contributed by atoms with van der Waals surface area (Å²) in [4.78, 5) is 11.4. The summed E-state index contributed by atoms with van der Waals surface area (Å²) in [5.41, 5.74) is 5.50. The zero-order chi connectivity index (χ0) is 11.8. The first-order valence-corrected chi connectivity index (χ1v) is 5.19. The predicted molar refractivity (Wildman–Crippen MR) is 61.6 cm³/mol. The molecule has 0 saturated carbocycles. The quantitative estimate of drug-likeness (QED) is 0.624. The van der Waals surface area contributed by atoms with Gasteiger partial charge < -0.3 is 16.4 Å². The van der Waals surface area contributed by atoms with Gasteiger partial charge in [0.05, 0.1) is 12.2 Å². The van der Waals surface area contributed by atoms with Crippen molar-refractivity contribution in [1.29, 1.82) is 0 Å². The lowest BCUT2D eigenvalue weighted by Gasteiger charge is -2.06. The summed E-state index contributed by atoms with van der Waals surface area (Å²) in [7, 11) is 0. The van der Waals surface area contributed by atoms with E-state index in [1.165, 1.54) is 12.1 Å². The zero-order valence-electron chi connectivity index (χ0n) is 9.00. The summed E-state index contributed by atoms with van der Waals surface area (Å²) in [6, 6.07) is 6.07. The zero-order valence-corrected chi connectivity index (χ0v) is 9.00. The number of para-hydroxylation sites is 1. The molecule has 1 amide bonds. The summed E-state index contributed by atoms with van der Waals surface area (Å²) in [6.07, 6.45) is 0.812. The highest BCUT2D eigenvalue weighted by molar-refractivity contribution is 5.92. The molecular weight excluding hydrogens is 209 g/mol. The minimum absolute atomic E-state index is 0.161. The number of rotatable bonds is 6. The first-order chi connectivity index (χ1) is 7.74. The van der Waals surface area contributed by atoms with E-state index in [9.17, 15) is 9.18 Å². The molecule has 4 nitrogen and oxygen atoms in total. The van der Waals surface area contributed by atoms with Gasteiger partial charge in [-0.15, -0.1) is 0 Å². The Hall–Kier alpha value is -1.46. The number of amides is 1. The molecule has 0 aliphatic heterocycles. The molecule has 0 radical (unpaired) electrons. The monoisotopic (exact) mass is 225 g/mol. The Balaban J connectivity index is 2.32. The van der Waals surface area contributed by atoms with Gasteiger partial charge in [-0.25, -0.2) is 4.39 Å². The number of benzene rings is 1. The van der Waals surface area contributed by atoms with E-state index in [2.05, 4.69) is 10.6 Å². The van der Waals surface area contributed by atoms with E-state index in [-0.39, 0.29) is 18.1 Å². The number of hydrogen-bond donors (Lipinski definition) is 3. The molecule has 4 N–H and O–H groups in total. The molecule has 0 unspecified atom stereocenters. The van der Waals surface area contributed by atoms with E-state index < -0.39 is 5.82 Å². The highest BCUT2D eigenvalue weighted by Crippen LogP contribution is 2.11. The second-order valence-corrected chi connectivity index (χ2v) is 3.35. The average Bonchev–Trinajstić information content (AvgIpc) is 2.28. The number of nitrogens with one attached hydrogen (secondary N) is 2. The van der Waals surface area contributed by atoms with Gasteiger partial charge >= 0.3 is 0 Å². The maximum absolute atomic E-state index is 13.1. The molecule has 0 bridgehead atoms. The molecule has 1 aromatic rings.